The number of carbonyl (C=O) groups is 1. The number of hydrogen-bond donors (Lipinski definition) is 1. The third-order valence-corrected chi connectivity index (χ3v) is 3.40. The summed E-state index contributed by atoms with van der Waals surface area (Å²) in [6.45, 7) is 1.89. The first-order valence-corrected chi connectivity index (χ1v) is 5.30. The van der Waals surface area contributed by atoms with Gasteiger partial charge in [-0.2, -0.15) is 5.10 Å². The van der Waals surface area contributed by atoms with Gasteiger partial charge in [-0.05, 0) is 19.8 Å². The topological polar surface area (TPSA) is 55.1 Å². The molecule has 0 atom stereocenters. The molecule has 1 heterocycles. The molecule has 2 rings (SSSR count). The van der Waals surface area contributed by atoms with Gasteiger partial charge in [-0.3, -0.25) is 9.48 Å². The Morgan fingerprint density at radius 2 is 2.13 bits per heavy atom. The van der Waals surface area contributed by atoms with Crippen molar-refractivity contribution in [3.63, 3.8) is 0 Å². The molecule has 0 saturated heterocycles. The zero-order chi connectivity index (χ0) is 11.1. The highest BCUT2D eigenvalue weighted by Gasteiger charge is 2.44. The van der Waals surface area contributed by atoms with E-state index in [0.29, 0.717) is 0 Å². The van der Waals surface area contributed by atoms with Gasteiger partial charge in [-0.1, -0.05) is 12.8 Å². The Labute approximate surface area is 88.9 Å². The molecule has 1 fully saturated rings. The van der Waals surface area contributed by atoms with Gasteiger partial charge in [0.1, 0.15) is 0 Å². The minimum Gasteiger partial charge on any atom is -0.481 e. The van der Waals surface area contributed by atoms with E-state index < -0.39 is 11.4 Å². The summed E-state index contributed by atoms with van der Waals surface area (Å²) in [4.78, 5) is 11.4. The molecule has 1 aliphatic rings. The van der Waals surface area contributed by atoms with Crippen molar-refractivity contribution < 1.29 is 9.90 Å². The van der Waals surface area contributed by atoms with E-state index in [-0.39, 0.29) is 0 Å². The second-order valence-corrected chi connectivity index (χ2v) is 4.40. The van der Waals surface area contributed by atoms with Gasteiger partial charge in [0.05, 0.1) is 11.1 Å². The maximum absolute atomic E-state index is 11.4. The van der Waals surface area contributed by atoms with Gasteiger partial charge in [-0.15, -0.1) is 0 Å². The molecule has 1 N–H and O–H groups in total. The first-order valence-electron chi connectivity index (χ1n) is 5.30. The lowest BCUT2D eigenvalue weighted by molar-refractivity contribution is -0.143. The van der Waals surface area contributed by atoms with Gasteiger partial charge in [-0.25, -0.2) is 0 Å². The highest BCUT2D eigenvalue weighted by atomic mass is 16.4. The van der Waals surface area contributed by atoms with Crippen LogP contribution in [-0.2, 0) is 17.3 Å². The Balaban J connectivity index is 2.49. The summed E-state index contributed by atoms with van der Waals surface area (Å²) in [6, 6.07) is 0. The van der Waals surface area contributed by atoms with Crippen molar-refractivity contribution in [1.29, 1.82) is 0 Å². The first-order chi connectivity index (χ1) is 7.06. The van der Waals surface area contributed by atoms with E-state index in [9.17, 15) is 9.90 Å². The first kappa shape index (κ1) is 10.2. The molecule has 0 bridgehead atoms. The summed E-state index contributed by atoms with van der Waals surface area (Å²) in [5, 5.41) is 13.7. The lowest BCUT2D eigenvalue weighted by Crippen LogP contribution is -2.32. The van der Waals surface area contributed by atoms with Crippen LogP contribution in [0.1, 0.15) is 36.9 Å². The Morgan fingerprint density at radius 1 is 1.53 bits per heavy atom. The second-order valence-electron chi connectivity index (χ2n) is 4.40. The van der Waals surface area contributed by atoms with Crippen molar-refractivity contribution in [2.45, 2.75) is 38.0 Å². The number of rotatable bonds is 2. The van der Waals surface area contributed by atoms with E-state index in [0.717, 1.165) is 36.9 Å². The molecule has 0 aliphatic heterocycles. The van der Waals surface area contributed by atoms with Crippen LogP contribution in [0.4, 0.5) is 0 Å². The zero-order valence-corrected chi connectivity index (χ0v) is 9.16. The maximum atomic E-state index is 11.4. The number of aromatic nitrogens is 2. The Hall–Kier alpha value is -1.32. The third-order valence-electron chi connectivity index (χ3n) is 3.40. The highest BCUT2D eigenvalue weighted by Crippen LogP contribution is 2.42. The van der Waals surface area contributed by atoms with Crippen LogP contribution in [0, 0.1) is 6.92 Å². The largest absolute Gasteiger partial charge is 0.481 e. The number of carboxylic acid groups (broad SMARTS) is 1. The predicted molar refractivity (Wildman–Crippen MR) is 55.7 cm³/mol. The van der Waals surface area contributed by atoms with E-state index in [4.69, 9.17) is 0 Å². The van der Waals surface area contributed by atoms with Crippen molar-refractivity contribution in [1.82, 2.24) is 9.78 Å². The molecule has 4 heteroatoms. The summed E-state index contributed by atoms with van der Waals surface area (Å²) in [5.74, 6) is -0.698. The van der Waals surface area contributed by atoms with E-state index in [2.05, 4.69) is 5.10 Å². The van der Waals surface area contributed by atoms with Gasteiger partial charge in [0.25, 0.3) is 0 Å². The average Bonchev–Trinajstić information content (AvgIpc) is 2.72. The zero-order valence-electron chi connectivity index (χ0n) is 9.16. The van der Waals surface area contributed by atoms with E-state index in [1.165, 1.54) is 0 Å². The molecule has 15 heavy (non-hydrogen) atoms. The summed E-state index contributed by atoms with van der Waals surface area (Å²) in [7, 11) is 1.83. The van der Waals surface area contributed by atoms with Crippen molar-refractivity contribution in [2.75, 3.05) is 0 Å². The van der Waals surface area contributed by atoms with Gasteiger partial charge in [0.15, 0.2) is 0 Å². The fraction of sp³-hybridized carbons (Fsp3) is 0.636. The van der Waals surface area contributed by atoms with Crippen LogP contribution in [0.15, 0.2) is 6.20 Å². The third kappa shape index (κ3) is 1.44. The standard InChI is InChI=1S/C11H16N2O2/c1-8-9(7-13(2)12-8)11(10(14)15)5-3-4-6-11/h7H,3-6H2,1-2H3,(H,14,15). The van der Waals surface area contributed by atoms with Crippen molar-refractivity contribution in [2.24, 2.45) is 7.05 Å². The molecule has 0 radical (unpaired) electrons. The van der Waals surface area contributed by atoms with Crippen LogP contribution in [-0.4, -0.2) is 20.9 Å². The fourth-order valence-electron chi connectivity index (χ4n) is 2.65. The van der Waals surface area contributed by atoms with Crippen LogP contribution >= 0.6 is 0 Å². The smallest absolute Gasteiger partial charge is 0.314 e. The van der Waals surface area contributed by atoms with Gasteiger partial charge in [0.2, 0.25) is 0 Å². The minimum atomic E-state index is -0.698. The molecule has 0 aromatic carbocycles. The SMILES string of the molecule is Cc1nn(C)cc1C1(C(=O)O)CCCC1. The van der Waals surface area contributed by atoms with Gasteiger partial charge >= 0.3 is 5.97 Å². The van der Waals surface area contributed by atoms with Crippen LogP contribution in [0.25, 0.3) is 0 Å². The number of aliphatic carboxylic acids is 1. The van der Waals surface area contributed by atoms with E-state index in [1.54, 1.807) is 4.68 Å². The normalized spacial score (nSPS) is 19.3. The fourth-order valence-corrected chi connectivity index (χ4v) is 2.65. The van der Waals surface area contributed by atoms with Crippen LogP contribution in [0.3, 0.4) is 0 Å². The van der Waals surface area contributed by atoms with Crippen molar-refractivity contribution in [3.8, 4) is 0 Å². The molecule has 1 aromatic rings. The predicted octanol–water partition coefficient (Wildman–Crippen LogP) is 1.62. The molecular weight excluding hydrogens is 192 g/mol. The number of aryl methyl sites for hydroxylation is 2. The van der Waals surface area contributed by atoms with Gasteiger partial charge in [0, 0.05) is 18.8 Å². The monoisotopic (exact) mass is 208 g/mol. The minimum absolute atomic E-state index is 0.668. The lowest BCUT2D eigenvalue weighted by Gasteiger charge is -2.23. The Kier molecular flexibility index (Phi) is 2.29. The molecule has 1 saturated carbocycles. The molecule has 4 nitrogen and oxygen atoms in total. The second kappa shape index (κ2) is 3.36. The Morgan fingerprint density at radius 3 is 2.53 bits per heavy atom. The highest BCUT2D eigenvalue weighted by molar-refractivity contribution is 5.82. The number of hydrogen-bond acceptors (Lipinski definition) is 2. The quantitative estimate of drug-likeness (QED) is 0.803. The number of nitrogens with zero attached hydrogens (tertiary/aromatic N) is 2. The van der Waals surface area contributed by atoms with Gasteiger partial charge < -0.3 is 5.11 Å². The lowest BCUT2D eigenvalue weighted by atomic mass is 9.79. The van der Waals surface area contributed by atoms with Crippen LogP contribution in [0.5, 0.6) is 0 Å². The molecule has 1 aliphatic carbocycles. The molecule has 1 aromatic heterocycles. The summed E-state index contributed by atoms with van der Waals surface area (Å²) in [6.07, 6.45) is 5.35. The molecule has 0 spiro atoms. The average molecular weight is 208 g/mol. The van der Waals surface area contributed by atoms with Crippen LogP contribution < -0.4 is 0 Å². The van der Waals surface area contributed by atoms with Crippen molar-refractivity contribution in [3.05, 3.63) is 17.5 Å². The summed E-state index contributed by atoms with van der Waals surface area (Å²) >= 11 is 0. The molecule has 0 unspecified atom stereocenters. The van der Waals surface area contributed by atoms with Crippen LogP contribution in [0.2, 0.25) is 0 Å². The van der Waals surface area contributed by atoms with Crippen molar-refractivity contribution >= 4 is 5.97 Å². The number of carboxylic acids is 1. The Bertz CT molecular complexity index is 389. The maximum Gasteiger partial charge on any atom is 0.314 e. The van der Waals surface area contributed by atoms with E-state index in [1.807, 2.05) is 20.2 Å². The summed E-state index contributed by atoms with van der Waals surface area (Å²) < 4.78 is 1.70. The molecule has 82 valence electrons. The molecule has 0 amide bonds. The summed E-state index contributed by atoms with van der Waals surface area (Å²) in [5.41, 5.74) is 1.08. The molecular formula is C11H16N2O2. The van der Waals surface area contributed by atoms with E-state index >= 15 is 0 Å².